The average Bonchev–Trinajstić information content (AvgIpc) is 3.24. The normalized spacial score (nSPS) is 19.8. The molecule has 0 bridgehead atoms. The number of carbonyl (C=O) groups is 2. The van der Waals surface area contributed by atoms with Crippen molar-refractivity contribution in [3.8, 4) is 95.2 Å². The maximum Gasteiger partial charge on any atom is 0.472 e. The van der Waals surface area contributed by atoms with E-state index in [1.165, 1.54) is 38.5 Å². The zero-order chi connectivity index (χ0) is 51.1. The van der Waals surface area contributed by atoms with Crippen LogP contribution in [0.15, 0.2) is 0 Å². The number of phosphoric acid groups is 4. The van der Waals surface area contributed by atoms with Gasteiger partial charge in [0.15, 0.2) is 6.10 Å². The second kappa shape index (κ2) is 33.3. The Bertz CT molecular complexity index is 2310. The van der Waals surface area contributed by atoms with Gasteiger partial charge in [-0.25, -0.2) is 23.1 Å². The molecule has 1 aliphatic rings. The van der Waals surface area contributed by atoms with Crippen molar-refractivity contribution in [2.24, 2.45) is 0 Å². The van der Waals surface area contributed by atoms with Crippen LogP contribution in [0.25, 0.3) is 0 Å². The van der Waals surface area contributed by atoms with Gasteiger partial charge in [-0.1, -0.05) is 84.0 Å². The Morgan fingerprint density at radius 1 is 0.515 bits per heavy atom. The first-order valence-corrected chi connectivity index (χ1v) is 26.6. The number of hydrogen-bond acceptors (Lipinski definition) is 15. The zero-order valence-electron chi connectivity index (χ0n) is 36.6. The summed E-state index contributed by atoms with van der Waals surface area (Å²) in [5.74, 6) is 32.2. The minimum atomic E-state index is -5.82. The smallest absolute Gasteiger partial charge is 0.456 e. The molecule has 0 aromatic heterocycles. The van der Waals surface area contributed by atoms with Gasteiger partial charge in [0.25, 0.3) is 0 Å². The summed E-state index contributed by atoms with van der Waals surface area (Å²) in [4.78, 5) is 92.1. The van der Waals surface area contributed by atoms with Gasteiger partial charge in [-0.2, -0.15) is 0 Å². The number of rotatable bonds is 28. The molecule has 0 amide bonds. The van der Waals surface area contributed by atoms with Gasteiger partial charge in [0.2, 0.25) is 0 Å². The van der Waals surface area contributed by atoms with E-state index in [2.05, 4.69) is 103 Å². The van der Waals surface area contributed by atoms with Gasteiger partial charge in [-0.15, -0.1) is 6.42 Å². The number of terminal acetylenes is 1. The Labute approximate surface area is 394 Å². The summed E-state index contributed by atoms with van der Waals surface area (Å²) in [5.41, 5.74) is 0. The Hall–Kier alpha value is -4.22. The van der Waals surface area contributed by atoms with Crippen LogP contribution in [-0.2, 0) is 59.9 Å². The molecule has 0 radical (unpaired) electrons. The Kier molecular flexibility index (Phi) is 30.3. The lowest BCUT2D eigenvalue weighted by Gasteiger charge is -2.45. The van der Waals surface area contributed by atoms with Crippen LogP contribution < -0.4 is 0 Å². The minimum absolute atomic E-state index is 0.139. The number of carbonyl (C=O) groups excluding carboxylic acids is 2. The van der Waals surface area contributed by atoms with Gasteiger partial charge in [0, 0.05) is 12.3 Å². The topological polar surface area (TPSA) is 349 Å². The average molecular weight is 1030 g/mol. The SMILES string of the molecule is C#CC#CC#CC#CC#CC#CC#CC#CC(=O)OC[C@H](COP(=O)(O)OC1C(O)[C@H](OP(=O)(O)O)[C@H](OP(=O)(O)O)C(OP(=O)(O)O)[C@@H]1O)OC(=O)CCCCCCCCCCCCCCC. The molecule has 0 saturated heterocycles. The first kappa shape index (κ1) is 61.8. The van der Waals surface area contributed by atoms with Crippen LogP contribution in [0.4, 0.5) is 0 Å². The molecule has 0 spiro atoms. The summed E-state index contributed by atoms with van der Waals surface area (Å²) in [7, 11) is -23.2. The van der Waals surface area contributed by atoms with Crippen LogP contribution in [0.5, 0.6) is 0 Å². The third kappa shape index (κ3) is 31.0. The van der Waals surface area contributed by atoms with Crippen LogP contribution in [0.3, 0.4) is 0 Å². The van der Waals surface area contributed by atoms with E-state index in [0.717, 1.165) is 32.1 Å². The molecule has 372 valence electrons. The summed E-state index contributed by atoms with van der Waals surface area (Å²) in [6.07, 6.45) is -0.185. The van der Waals surface area contributed by atoms with E-state index in [4.69, 9.17) is 24.9 Å². The number of hydrogen-bond donors (Lipinski definition) is 9. The molecule has 1 saturated carbocycles. The van der Waals surface area contributed by atoms with Crippen LogP contribution in [-0.4, -0.2) is 112 Å². The lowest BCUT2D eigenvalue weighted by molar-refractivity contribution is -0.209. The molecule has 0 aromatic rings. The van der Waals surface area contributed by atoms with E-state index < -0.39 is 99.2 Å². The van der Waals surface area contributed by atoms with E-state index in [0.29, 0.717) is 12.8 Å². The fourth-order valence-corrected chi connectivity index (χ4v) is 8.45. The molecule has 1 aliphatic carbocycles. The predicted octanol–water partition coefficient (Wildman–Crippen LogP) is 2.25. The Morgan fingerprint density at radius 3 is 1.31 bits per heavy atom. The fourth-order valence-electron chi connectivity index (χ4n) is 5.79. The maximum absolute atomic E-state index is 13.2. The quantitative estimate of drug-likeness (QED) is 0.0178. The van der Waals surface area contributed by atoms with Gasteiger partial charge in [-0.05, 0) is 89.3 Å². The number of aliphatic hydroxyl groups is 2. The molecule has 0 aromatic carbocycles. The Balaban J connectivity index is 3.13. The zero-order valence-corrected chi connectivity index (χ0v) is 40.1. The number of aliphatic hydroxyl groups excluding tert-OH is 2. The van der Waals surface area contributed by atoms with Crippen molar-refractivity contribution in [1.82, 2.24) is 0 Å². The maximum atomic E-state index is 13.2. The summed E-state index contributed by atoms with van der Waals surface area (Å²) < 4.78 is 81.1. The van der Waals surface area contributed by atoms with Crippen molar-refractivity contribution >= 4 is 43.2 Å². The van der Waals surface area contributed by atoms with Crippen molar-refractivity contribution in [3.63, 3.8) is 0 Å². The van der Waals surface area contributed by atoms with Crippen molar-refractivity contribution in [3.05, 3.63) is 0 Å². The molecule has 68 heavy (non-hydrogen) atoms. The molecule has 4 unspecified atom stereocenters. The highest BCUT2D eigenvalue weighted by molar-refractivity contribution is 7.47. The summed E-state index contributed by atoms with van der Waals surface area (Å²) in [6, 6.07) is 0. The standard InChI is InChI=1S/C42H52O22P4/c1-3-5-7-9-11-13-15-17-19-20-22-24-26-28-30-35(43)58-32-34(60-36(44)31-29-27-25-23-21-18-16-14-12-10-8-6-4-2)33-59-68(56,57)64-39-37(45)40(61-65(47,48)49)42(63-67(53,54)55)41(38(39)46)62-66(50,51)52/h1,34,37-42,45-46H,4,6,8,10,12,14,16,18,21,23,25,27,29,31-33H2,2H3,(H,56,57)(H2,47,48,49)(H2,50,51,52)(H2,53,54,55)/t34-,37-,38?,39?,40?,41+,42-/m1/s1. The van der Waals surface area contributed by atoms with Crippen LogP contribution >= 0.6 is 31.3 Å². The van der Waals surface area contributed by atoms with E-state index in [-0.39, 0.29) is 6.42 Å². The van der Waals surface area contributed by atoms with Gasteiger partial charge in [-0.3, -0.25) is 27.4 Å². The van der Waals surface area contributed by atoms with Gasteiger partial charge >= 0.3 is 43.2 Å². The Morgan fingerprint density at radius 2 is 0.897 bits per heavy atom. The predicted molar refractivity (Wildman–Crippen MR) is 238 cm³/mol. The first-order chi connectivity index (χ1) is 32.0. The van der Waals surface area contributed by atoms with Gasteiger partial charge < -0.3 is 53.9 Å². The van der Waals surface area contributed by atoms with Crippen molar-refractivity contribution in [1.29, 1.82) is 0 Å². The lowest BCUT2D eigenvalue weighted by atomic mass is 9.85. The lowest BCUT2D eigenvalue weighted by Crippen LogP contribution is -2.65. The van der Waals surface area contributed by atoms with Crippen LogP contribution in [0, 0.1) is 95.2 Å². The summed E-state index contributed by atoms with van der Waals surface area (Å²) in [5, 5.41) is 21.7. The van der Waals surface area contributed by atoms with Gasteiger partial charge in [0.05, 0.1) is 6.61 Å². The van der Waals surface area contributed by atoms with E-state index in [1.54, 1.807) is 0 Å². The minimum Gasteiger partial charge on any atom is -0.456 e. The third-order valence-corrected chi connectivity index (χ3v) is 11.2. The number of ether oxygens (including phenoxy) is 2. The summed E-state index contributed by atoms with van der Waals surface area (Å²) >= 11 is 0. The van der Waals surface area contributed by atoms with Crippen molar-refractivity contribution in [2.45, 2.75) is 140 Å². The van der Waals surface area contributed by atoms with Gasteiger partial charge in [0.1, 0.15) is 43.2 Å². The first-order valence-electron chi connectivity index (χ1n) is 20.5. The molecule has 8 atom stereocenters. The monoisotopic (exact) mass is 1030 g/mol. The molecule has 26 heteroatoms. The van der Waals surface area contributed by atoms with E-state index in [9.17, 15) is 72.3 Å². The van der Waals surface area contributed by atoms with E-state index in [1.807, 2.05) is 5.92 Å². The second-order valence-electron chi connectivity index (χ2n) is 14.1. The highest BCUT2D eigenvalue weighted by Gasteiger charge is 2.59. The number of esters is 2. The molecule has 0 aliphatic heterocycles. The van der Waals surface area contributed by atoms with Crippen molar-refractivity contribution in [2.75, 3.05) is 13.2 Å². The molecule has 9 N–H and O–H groups in total. The highest BCUT2D eigenvalue weighted by atomic mass is 31.2. The third-order valence-electron chi connectivity index (χ3n) is 8.62. The molecule has 22 nitrogen and oxygen atoms in total. The van der Waals surface area contributed by atoms with Crippen LogP contribution in [0.1, 0.15) is 96.8 Å². The van der Waals surface area contributed by atoms with Crippen molar-refractivity contribution < 1.29 is 104 Å². The number of phosphoric ester groups is 4. The molecule has 1 rings (SSSR count). The number of unbranched alkanes of at least 4 members (excludes halogenated alkanes) is 12. The molecule has 1 fully saturated rings. The van der Waals surface area contributed by atoms with E-state index >= 15 is 0 Å². The molecular weight excluding hydrogens is 980 g/mol. The molecular formula is C42H52O22P4. The highest BCUT2D eigenvalue weighted by Crippen LogP contribution is 2.53. The summed E-state index contributed by atoms with van der Waals surface area (Å²) in [6.45, 7) is 0.165. The largest absolute Gasteiger partial charge is 0.472 e. The fraction of sp³-hybridized carbons (Fsp3) is 0.571. The second-order valence-corrected chi connectivity index (χ2v) is 19.1. The van der Waals surface area contributed by atoms with Crippen LogP contribution in [0.2, 0.25) is 0 Å². The molecule has 0 heterocycles.